The molecule has 1 aliphatic carbocycles. The SMILES string of the molecule is Cc1nn(C)c(C)c1CCN[C@@H]1CC[C@@H](C)[C@H](C)C1. The Morgan fingerprint density at radius 2 is 1.95 bits per heavy atom. The largest absolute Gasteiger partial charge is 0.314 e. The van der Waals surface area contributed by atoms with Crippen LogP contribution >= 0.6 is 0 Å². The van der Waals surface area contributed by atoms with Gasteiger partial charge in [0.1, 0.15) is 0 Å². The molecule has 3 heteroatoms. The van der Waals surface area contributed by atoms with E-state index < -0.39 is 0 Å². The van der Waals surface area contributed by atoms with Crippen LogP contribution in [-0.4, -0.2) is 22.4 Å². The van der Waals surface area contributed by atoms with Crippen LogP contribution < -0.4 is 5.32 Å². The lowest BCUT2D eigenvalue weighted by molar-refractivity contribution is 0.227. The number of nitrogens with zero attached hydrogens (tertiary/aromatic N) is 2. The maximum atomic E-state index is 4.49. The second-order valence-electron chi connectivity index (χ2n) is 6.44. The average molecular weight is 263 g/mol. The van der Waals surface area contributed by atoms with Crippen LogP contribution in [0.15, 0.2) is 0 Å². The lowest BCUT2D eigenvalue weighted by atomic mass is 9.79. The number of hydrogen-bond donors (Lipinski definition) is 1. The first-order valence-electron chi connectivity index (χ1n) is 7.71. The van der Waals surface area contributed by atoms with E-state index in [0.717, 1.165) is 30.8 Å². The van der Waals surface area contributed by atoms with Gasteiger partial charge < -0.3 is 5.32 Å². The summed E-state index contributed by atoms with van der Waals surface area (Å²) in [7, 11) is 2.03. The Morgan fingerprint density at radius 3 is 2.53 bits per heavy atom. The third-order valence-electron chi connectivity index (χ3n) is 5.07. The third-order valence-corrected chi connectivity index (χ3v) is 5.07. The van der Waals surface area contributed by atoms with Gasteiger partial charge in [-0.25, -0.2) is 0 Å². The molecule has 0 aromatic carbocycles. The summed E-state index contributed by atoms with van der Waals surface area (Å²) in [4.78, 5) is 0. The van der Waals surface area contributed by atoms with E-state index in [1.54, 1.807) is 0 Å². The number of nitrogens with one attached hydrogen (secondary N) is 1. The van der Waals surface area contributed by atoms with Crippen molar-refractivity contribution in [3.05, 3.63) is 17.0 Å². The molecule has 1 heterocycles. The van der Waals surface area contributed by atoms with Crippen LogP contribution in [0.4, 0.5) is 0 Å². The van der Waals surface area contributed by atoms with Crippen LogP contribution in [0.1, 0.15) is 50.1 Å². The molecule has 19 heavy (non-hydrogen) atoms. The predicted molar refractivity (Wildman–Crippen MR) is 80.4 cm³/mol. The molecule has 0 amide bonds. The third kappa shape index (κ3) is 3.38. The molecule has 0 bridgehead atoms. The molecular formula is C16H29N3. The summed E-state index contributed by atoms with van der Waals surface area (Å²) in [5, 5.41) is 8.23. The first kappa shape index (κ1) is 14.6. The van der Waals surface area contributed by atoms with Crippen LogP contribution in [-0.2, 0) is 13.5 Å². The molecule has 108 valence electrons. The highest BCUT2D eigenvalue weighted by atomic mass is 15.3. The molecule has 0 spiro atoms. The Morgan fingerprint density at radius 1 is 1.21 bits per heavy atom. The first-order chi connectivity index (χ1) is 8.99. The van der Waals surface area contributed by atoms with E-state index in [1.165, 1.54) is 36.2 Å². The van der Waals surface area contributed by atoms with Crippen LogP contribution in [0, 0.1) is 25.7 Å². The van der Waals surface area contributed by atoms with Gasteiger partial charge >= 0.3 is 0 Å². The van der Waals surface area contributed by atoms with Crippen LogP contribution in [0.2, 0.25) is 0 Å². The molecule has 0 saturated heterocycles. The van der Waals surface area contributed by atoms with Crippen molar-refractivity contribution in [1.82, 2.24) is 15.1 Å². The summed E-state index contributed by atoms with van der Waals surface area (Å²) in [6.45, 7) is 10.2. The molecule has 1 saturated carbocycles. The molecule has 1 aliphatic rings. The van der Waals surface area contributed by atoms with E-state index in [9.17, 15) is 0 Å². The lowest BCUT2D eigenvalue weighted by Crippen LogP contribution is -2.37. The zero-order valence-corrected chi connectivity index (χ0v) is 13.2. The quantitative estimate of drug-likeness (QED) is 0.905. The fourth-order valence-electron chi connectivity index (χ4n) is 3.31. The highest BCUT2D eigenvalue weighted by molar-refractivity contribution is 5.24. The Labute approximate surface area is 117 Å². The van der Waals surface area contributed by atoms with Crippen LogP contribution in [0.25, 0.3) is 0 Å². The highest BCUT2D eigenvalue weighted by Gasteiger charge is 2.23. The van der Waals surface area contributed by atoms with Crippen molar-refractivity contribution in [2.45, 2.75) is 59.4 Å². The van der Waals surface area contributed by atoms with Gasteiger partial charge in [-0.05, 0) is 63.5 Å². The minimum atomic E-state index is 0.725. The number of hydrogen-bond acceptors (Lipinski definition) is 2. The molecule has 1 N–H and O–H groups in total. The van der Waals surface area contributed by atoms with E-state index in [1.807, 2.05) is 11.7 Å². The van der Waals surface area contributed by atoms with Crippen molar-refractivity contribution in [3.63, 3.8) is 0 Å². The molecule has 0 aliphatic heterocycles. The smallest absolute Gasteiger partial charge is 0.0628 e. The van der Waals surface area contributed by atoms with Crippen molar-refractivity contribution in [2.75, 3.05) is 6.54 Å². The first-order valence-corrected chi connectivity index (χ1v) is 7.71. The van der Waals surface area contributed by atoms with Crippen molar-refractivity contribution in [2.24, 2.45) is 18.9 Å². The van der Waals surface area contributed by atoms with Gasteiger partial charge in [-0.15, -0.1) is 0 Å². The number of aryl methyl sites for hydroxylation is 2. The second-order valence-corrected chi connectivity index (χ2v) is 6.44. The van der Waals surface area contributed by atoms with Gasteiger partial charge in [0.2, 0.25) is 0 Å². The van der Waals surface area contributed by atoms with Gasteiger partial charge in [-0.1, -0.05) is 13.8 Å². The standard InChI is InChI=1S/C16H29N3/c1-11-6-7-15(10-12(11)2)17-9-8-16-13(3)18-19(5)14(16)4/h11-12,15,17H,6-10H2,1-5H3/t11-,12-,15-/m1/s1. The maximum Gasteiger partial charge on any atom is 0.0628 e. The summed E-state index contributed by atoms with van der Waals surface area (Å²) < 4.78 is 2.00. The van der Waals surface area contributed by atoms with Crippen molar-refractivity contribution >= 4 is 0 Å². The molecular weight excluding hydrogens is 234 g/mol. The topological polar surface area (TPSA) is 29.9 Å². The van der Waals surface area contributed by atoms with Crippen molar-refractivity contribution in [1.29, 1.82) is 0 Å². The van der Waals surface area contributed by atoms with Gasteiger partial charge in [0.05, 0.1) is 5.69 Å². The van der Waals surface area contributed by atoms with Gasteiger partial charge in [0.25, 0.3) is 0 Å². The van der Waals surface area contributed by atoms with E-state index in [0.29, 0.717) is 0 Å². The zero-order valence-electron chi connectivity index (χ0n) is 13.2. The Balaban J connectivity index is 1.81. The number of aromatic nitrogens is 2. The van der Waals surface area contributed by atoms with Crippen molar-refractivity contribution in [3.8, 4) is 0 Å². The van der Waals surface area contributed by atoms with Crippen molar-refractivity contribution < 1.29 is 0 Å². The molecule has 3 nitrogen and oxygen atoms in total. The molecule has 1 aromatic rings. The normalized spacial score (nSPS) is 27.7. The molecule has 0 radical (unpaired) electrons. The minimum Gasteiger partial charge on any atom is -0.314 e. The summed E-state index contributed by atoms with van der Waals surface area (Å²) >= 11 is 0. The fraction of sp³-hybridized carbons (Fsp3) is 0.812. The summed E-state index contributed by atoms with van der Waals surface area (Å²) in [6.07, 6.45) is 5.17. The molecule has 1 fully saturated rings. The van der Waals surface area contributed by atoms with Gasteiger partial charge in [0, 0.05) is 18.8 Å². The summed E-state index contributed by atoms with van der Waals surface area (Å²) in [5.41, 5.74) is 3.92. The zero-order chi connectivity index (χ0) is 14.0. The summed E-state index contributed by atoms with van der Waals surface area (Å²) in [5.74, 6) is 1.77. The maximum absolute atomic E-state index is 4.49. The van der Waals surface area contributed by atoms with Gasteiger partial charge in [-0.2, -0.15) is 5.10 Å². The Hall–Kier alpha value is -0.830. The predicted octanol–water partition coefficient (Wildman–Crippen LogP) is 2.99. The fourth-order valence-corrected chi connectivity index (χ4v) is 3.31. The van der Waals surface area contributed by atoms with E-state index in [-0.39, 0.29) is 0 Å². The monoisotopic (exact) mass is 263 g/mol. The van der Waals surface area contributed by atoms with Crippen LogP contribution in [0.5, 0.6) is 0 Å². The minimum absolute atomic E-state index is 0.725. The van der Waals surface area contributed by atoms with Crippen LogP contribution in [0.3, 0.4) is 0 Å². The Bertz CT molecular complexity index is 422. The summed E-state index contributed by atoms with van der Waals surface area (Å²) in [6, 6.07) is 0.725. The van der Waals surface area contributed by atoms with E-state index in [2.05, 4.69) is 38.1 Å². The van der Waals surface area contributed by atoms with E-state index in [4.69, 9.17) is 0 Å². The molecule has 0 unspecified atom stereocenters. The average Bonchev–Trinajstić information content (AvgIpc) is 2.60. The van der Waals surface area contributed by atoms with Gasteiger partial charge in [-0.3, -0.25) is 4.68 Å². The number of rotatable bonds is 4. The lowest BCUT2D eigenvalue weighted by Gasteiger charge is -2.32. The highest BCUT2D eigenvalue weighted by Crippen LogP contribution is 2.29. The Kier molecular flexibility index (Phi) is 4.67. The molecule has 2 rings (SSSR count). The second kappa shape index (κ2) is 6.08. The molecule has 1 aromatic heterocycles. The van der Waals surface area contributed by atoms with E-state index >= 15 is 0 Å². The van der Waals surface area contributed by atoms with Gasteiger partial charge in [0.15, 0.2) is 0 Å². The molecule has 3 atom stereocenters.